The van der Waals surface area contributed by atoms with Gasteiger partial charge in [0.05, 0.1) is 13.2 Å². The average Bonchev–Trinajstić information content (AvgIpc) is 3.12. The highest BCUT2D eigenvalue weighted by atomic mass is 16.5. The quantitative estimate of drug-likeness (QED) is 0.840. The predicted octanol–water partition coefficient (Wildman–Crippen LogP) is 2.50. The summed E-state index contributed by atoms with van der Waals surface area (Å²) in [6, 6.07) is 12.4. The summed E-state index contributed by atoms with van der Waals surface area (Å²) in [5.74, 6) is 1.16. The summed E-state index contributed by atoms with van der Waals surface area (Å²) < 4.78 is 16.5. The van der Waals surface area contributed by atoms with Crippen molar-refractivity contribution in [3.8, 4) is 11.5 Å². The van der Waals surface area contributed by atoms with Crippen molar-refractivity contribution < 1.29 is 23.8 Å². The molecule has 1 unspecified atom stereocenters. The molecule has 2 aliphatic rings. The number of rotatable bonds is 5. The van der Waals surface area contributed by atoms with Gasteiger partial charge < -0.3 is 24.4 Å². The van der Waals surface area contributed by atoms with Gasteiger partial charge in [-0.25, -0.2) is 0 Å². The fraction of sp³-hybridized carbons (Fsp3) is 0.364. The number of benzene rings is 2. The Balaban J connectivity index is 1.31. The number of nitrogens with zero attached hydrogens (tertiary/aromatic N) is 1. The Kier molecular flexibility index (Phi) is 5.67. The molecule has 0 radical (unpaired) electrons. The lowest BCUT2D eigenvalue weighted by Crippen LogP contribution is -2.42. The second-order valence-corrected chi connectivity index (χ2v) is 7.22. The molecule has 0 spiro atoms. The van der Waals surface area contributed by atoms with Crippen molar-refractivity contribution in [3.05, 3.63) is 53.6 Å². The van der Waals surface area contributed by atoms with E-state index in [1.54, 1.807) is 29.2 Å². The Morgan fingerprint density at radius 1 is 1.14 bits per heavy atom. The van der Waals surface area contributed by atoms with Crippen molar-refractivity contribution in [2.24, 2.45) is 0 Å². The predicted molar refractivity (Wildman–Crippen MR) is 108 cm³/mol. The molecule has 152 valence electrons. The molecule has 2 aliphatic heterocycles. The smallest absolute Gasteiger partial charge is 0.260 e. The normalized spacial score (nSPS) is 18.0. The molecule has 1 N–H and O–H groups in total. The van der Waals surface area contributed by atoms with Gasteiger partial charge in [-0.2, -0.15) is 0 Å². The summed E-state index contributed by atoms with van der Waals surface area (Å²) in [6.45, 7) is 4.30. The van der Waals surface area contributed by atoms with Crippen molar-refractivity contribution in [1.29, 1.82) is 0 Å². The van der Waals surface area contributed by atoms with Crippen LogP contribution in [0.5, 0.6) is 11.5 Å². The van der Waals surface area contributed by atoms with Gasteiger partial charge in [-0.3, -0.25) is 9.59 Å². The molecule has 0 aromatic heterocycles. The topological polar surface area (TPSA) is 77.1 Å². The first-order valence-corrected chi connectivity index (χ1v) is 9.78. The van der Waals surface area contributed by atoms with Crippen LogP contribution in [0.15, 0.2) is 42.5 Å². The molecule has 0 saturated carbocycles. The van der Waals surface area contributed by atoms with E-state index in [-0.39, 0.29) is 24.5 Å². The third-order valence-electron chi connectivity index (χ3n) is 5.00. The molecule has 2 heterocycles. The van der Waals surface area contributed by atoms with E-state index in [0.29, 0.717) is 37.6 Å². The lowest BCUT2D eigenvalue weighted by molar-refractivity contribution is -0.137. The second-order valence-electron chi connectivity index (χ2n) is 7.22. The number of nitrogens with one attached hydrogen (secondary N) is 1. The highest BCUT2D eigenvalue weighted by Gasteiger charge is 2.20. The standard InChI is InChI=1S/C22H24N2O5/c1-15-12-17-13-18(4-7-20(17)29-15)23-22(26)16-2-5-19(6-3-16)28-14-21(25)24-8-10-27-11-9-24/h2-7,13,15H,8-12,14H2,1H3,(H,23,26). The SMILES string of the molecule is CC1Cc2cc(NC(=O)c3ccc(OCC(=O)N4CCOCC4)cc3)ccc2O1. The minimum atomic E-state index is -0.201. The van der Waals surface area contributed by atoms with Gasteiger partial charge in [0.2, 0.25) is 0 Å². The second kappa shape index (κ2) is 8.53. The van der Waals surface area contributed by atoms with Gasteiger partial charge in [0.15, 0.2) is 6.61 Å². The lowest BCUT2D eigenvalue weighted by Gasteiger charge is -2.26. The van der Waals surface area contributed by atoms with E-state index < -0.39 is 0 Å². The number of carbonyl (C=O) groups excluding carboxylic acids is 2. The molecule has 2 aromatic rings. The van der Waals surface area contributed by atoms with Crippen LogP contribution in [0.1, 0.15) is 22.8 Å². The first-order chi connectivity index (χ1) is 14.1. The number of ether oxygens (including phenoxy) is 3. The molecule has 7 nitrogen and oxygen atoms in total. The van der Waals surface area contributed by atoms with Crippen LogP contribution in [-0.4, -0.2) is 55.7 Å². The van der Waals surface area contributed by atoms with Gasteiger partial charge in [0, 0.05) is 30.8 Å². The van der Waals surface area contributed by atoms with E-state index in [9.17, 15) is 9.59 Å². The van der Waals surface area contributed by atoms with E-state index in [2.05, 4.69) is 5.32 Å². The van der Waals surface area contributed by atoms with Crippen molar-refractivity contribution >= 4 is 17.5 Å². The van der Waals surface area contributed by atoms with Gasteiger partial charge in [-0.15, -0.1) is 0 Å². The summed E-state index contributed by atoms with van der Waals surface area (Å²) in [6.07, 6.45) is 1.01. The summed E-state index contributed by atoms with van der Waals surface area (Å²) in [4.78, 5) is 26.4. The van der Waals surface area contributed by atoms with Crippen LogP contribution < -0.4 is 14.8 Å². The molecule has 1 atom stereocenters. The molecule has 2 amide bonds. The zero-order valence-corrected chi connectivity index (χ0v) is 16.3. The van der Waals surface area contributed by atoms with Crippen molar-refractivity contribution in [1.82, 2.24) is 4.90 Å². The summed E-state index contributed by atoms with van der Waals surface area (Å²) in [7, 11) is 0. The molecule has 29 heavy (non-hydrogen) atoms. The zero-order chi connectivity index (χ0) is 20.2. The van der Waals surface area contributed by atoms with Gasteiger partial charge >= 0.3 is 0 Å². The molecule has 0 bridgehead atoms. The van der Waals surface area contributed by atoms with Crippen LogP contribution in [0.3, 0.4) is 0 Å². The number of hydrogen-bond donors (Lipinski definition) is 1. The number of hydrogen-bond acceptors (Lipinski definition) is 5. The Morgan fingerprint density at radius 3 is 2.66 bits per heavy atom. The Morgan fingerprint density at radius 2 is 1.90 bits per heavy atom. The molecule has 7 heteroatoms. The molecule has 2 aromatic carbocycles. The van der Waals surface area contributed by atoms with Gasteiger partial charge in [0.25, 0.3) is 11.8 Å². The fourth-order valence-corrected chi connectivity index (χ4v) is 3.45. The highest BCUT2D eigenvalue weighted by molar-refractivity contribution is 6.04. The van der Waals surface area contributed by atoms with E-state index >= 15 is 0 Å². The summed E-state index contributed by atoms with van der Waals surface area (Å²) >= 11 is 0. The maximum Gasteiger partial charge on any atom is 0.260 e. The Bertz CT molecular complexity index is 891. The van der Waals surface area contributed by atoms with Crippen molar-refractivity contribution in [2.75, 3.05) is 38.2 Å². The summed E-state index contributed by atoms with van der Waals surface area (Å²) in [5.41, 5.74) is 2.36. The van der Waals surface area contributed by atoms with Gasteiger partial charge in [0.1, 0.15) is 17.6 Å². The maximum atomic E-state index is 12.5. The molecule has 0 aliphatic carbocycles. The maximum absolute atomic E-state index is 12.5. The van der Waals surface area contributed by atoms with Crippen LogP contribution in [-0.2, 0) is 16.0 Å². The summed E-state index contributed by atoms with van der Waals surface area (Å²) in [5, 5.41) is 2.91. The molecular weight excluding hydrogens is 372 g/mol. The fourth-order valence-electron chi connectivity index (χ4n) is 3.45. The third-order valence-corrected chi connectivity index (χ3v) is 5.00. The lowest BCUT2D eigenvalue weighted by atomic mass is 10.1. The third kappa shape index (κ3) is 4.68. The van der Waals surface area contributed by atoms with Crippen LogP contribution in [0.2, 0.25) is 0 Å². The number of anilines is 1. The minimum Gasteiger partial charge on any atom is -0.490 e. The van der Waals surface area contributed by atoms with Crippen LogP contribution in [0.4, 0.5) is 5.69 Å². The number of morpholine rings is 1. The van der Waals surface area contributed by atoms with Gasteiger partial charge in [-0.1, -0.05) is 0 Å². The van der Waals surface area contributed by atoms with Crippen LogP contribution >= 0.6 is 0 Å². The highest BCUT2D eigenvalue weighted by Crippen LogP contribution is 2.31. The first-order valence-electron chi connectivity index (χ1n) is 9.78. The molecule has 1 fully saturated rings. The molecule has 1 saturated heterocycles. The monoisotopic (exact) mass is 396 g/mol. The molecular formula is C22H24N2O5. The van der Waals surface area contributed by atoms with Crippen LogP contribution in [0, 0.1) is 0 Å². The van der Waals surface area contributed by atoms with Gasteiger partial charge in [-0.05, 0) is 55.0 Å². The first kappa shape index (κ1) is 19.3. The average molecular weight is 396 g/mol. The Labute approximate surface area is 169 Å². The number of fused-ring (bicyclic) bond motifs is 1. The minimum absolute atomic E-state index is 0.0266. The van der Waals surface area contributed by atoms with E-state index in [1.807, 2.05) is 25.1 Å². The Hall–Kier alpha value is -3.06. The zero-order valence-electron chi connectivity index (χ0n) is 16.3. The van der Waals surface area contributed by atoms with E-state index in [0.717, 1.165) is 23.4 Å². The number of carbonyl (C=O) groups is 2. The van der Waals surface area contributed by atoms with Crippen molar-refractivity contribution in [3.63, 3.8) is 0 Å². The van der Waals surface area contributed by atoms with Crippen LogP contribution in [0.25, 0.3) is 0 Å². The van der Waals surface area contributed by atoms with Crippen molar-refractivity contribution in [2.45, 2.75) is 19.4 Å². The molecule has 4 rings (SSSR count). The number of amides is 2. The largest absolute Gasteiger partial charge is 0.490 e. The van der Waals surface area contributed by atoms with E-state index in [4.69, 9.17) is 14.2 Å². The van der Waals surface area contributed by atoms with E-state index in [1.165, 1.54) is 0 Å².